The number of amides is 1. The van der Waals surface area contributed by atoms with Crippen LogP contribution in [0.3, 0.4) is 0 Å². The number of aliphatic hydroxyl groups excluding tert-OH is 2. The number of ether oxygens (including phenoxy) is 1. The molecule has 6 heteroatoms. The summed E-state index contributed by atoms with van der Waals surface area (Å²) in [5.74, 6) is -0.777. The molecule has 3 N–H and O–H groups in total. The highest BCUT2D eigenvalue weighted by atomic mass is 16.5. The molecule has 0 radical (unpaired) electrons. The molecule has 1 amide bonds. The molecule has 1 rings (SSSR count). The number of aliphatic hydroxyl groups is 2. The minimum atomic E-state index is -1.23. The maximum absolute atomic E-state index is 11.7. The van der Waals surface area contributed by atoms with Crippen molar-refractivity contribution in [3.8, 4) is 0 Å². The van der Waals surface area contributed by atoms with E-state index in [2.05, 4.69) is 10.1 Å². The monoisotopic (exact) mass is 295 g/mol. The van der Waals surface area contributed by atoms with E-state index in [4.69, 9.17) is 0 Å². The zero-order valence-corrected chi connectivity index (χ0v) is 12.4. The second-order valence-electron chi connectivity index (χ2n) is 4.87. The number of carbonyl (C=O) groups is 2. The van der Waals surface area contributed by atoms with E-state index in [0.717, 1.165) is 5.56 Å². The normalized spacial score (nSPS) is 13.4. The summed E-state index contributed by atoms with van der Waals surface area (Å²) in [5, 5.41) is 22.8. The van der Waals surface area contributed by atoms with Gasteiger partial charge in [-0.2, -0.15) is 0 Å². The molecular weight excluding hydrogens is 274 g/mol. The molecule has 0 aliphatic rings. The number of aryl methyl sites for hydroxylation is 1. The van der Waals surface area contributed by atoms with Crippen molar-refractivity contribution >= 4 is 11.9 Å². The van der Waals surface area contributed by atoms with Crippen molar-refractivity contribution in [3.63, 3.8) is 0 Å². The lowest BCUT2D eigenvalue weighted by Gasteiger charge is -2.20. The van der Waals surface area contributed by atoms with Gasteiger partial charge in [0.2, 0.25) is 5.91 Å². The fraction of sp³-hybridized carbons (Fsp3) is 0.467. The van der Waals surface area contributed by atoms with Gasteiger partial charge in [0.15, 0.2) is 0 Å². The fourth-order valence-corrected chi connectivity index (χ4v) is 1.98. The van der Waals surface area contributed by atoms with Crippen molar-refractivity contribution in [2.24, 2.45) is 0 Å². The van der Waals surface area contributed by atoms with Crippen molar-refractivity contribution in [2.75, 3.05) is 13.7 Å². The molecule has 0 heterocycles. The van der Waals surface area contributed by atoms with Crippen molar-refractivity contribution < 1.29 is 24.5 Å². The minimum absolute atomic E-state index is 0.176. The summed E-state index contributed by atoms with van der Waals surface area (Å²) in [6.07, 6.45) is -2.15. The van der Waals surface area contributed by atoms with Crippen LogP contribution in [0.5, 0.6) is 0 Å². The lowest BCUT2D eigenvalue weighted by atomic mass is 9.95. The maximum atomic E-state index is 11.7. The Morgan fingerprint density at radius 1 is 1.33 bits per heavy atom. The Morgan fingerprint density at radius 2 is 2.00 bits per heavy atom. The third-order valence-electron chi connectivity index (χ3n) is 3.11. The second kappa shape index (κ2) is 7.75. The molecule has 0 spiro atoms. The topological polar surface area (TPSA) is 95.9 Å². The van der Waals surface area contributed by atoms with Crippen LogP contribution >= 0.6 is 0 Å². The summed E-state index contributed by atoms with van der Waals surface area (Å²) >= 11 is 0. The molecule has 0 fully saturated rings. The molecule has 1 aromatic carbocycles. The SMILES string of the molecule is COC(=O)c1ccc(C)cc1C(O)C(O)CCNC(C)=O. The Bertz CT molecular complexity index is 515. The van der Waals surface area contributed by atoms with Crippen LogP contribution in [0.2, 0.25) is 0 Å². The van der Waals surface area contributed by atoms with Crippen molar-refractivity contribution in [2.45, 2.75) is 32.5 Å². The molecular formula is C15H21NO5. The van der Waals surface area contributed by atoms with Crippen LogP contribution < -0.4 is 5.32 Å². The Morgan fingerprint density at radius 3 is 2.57 bits per heavy atom. The van der Waals surface area contributed by atoms with Gasteiger partial charge in [-0.25, -0.2) is 4.79 Å². The van der Waals surface area contributed by atoms with E-state index in [1.165, 1.54) is 14.0 Å². The van der Waals surface area contributed by atoms with Crippen LogP contribution in [0.15, 0.2) is 18.2 Å². The predicted molar refractivity (Wildman–Crippen MR) is 76.8 cm³/mol. The Balaban J connectivity index is 2.89. The summed E-state index contributed by atoms with van der Waals surface area (Å²) in [5.41, 5.74) is 1.39. The number of rotatable bonds is 6. The van der Waals surface area contributed by atoms with Crippen LogP contribution in [-0.2, 0) is 9.53 Å². The van der Waals surface area contributed by atoms with E-state index in [-0.39, 0.29) is 24.4 Å². The molecule has 21 heavy (non-hydrogen) atoms. The fourth-order valence-electron chi connectivity index (χ4n) is 1.98. The number of hydrogen-bond acceptors (Lipinski definition) is 5. The van der Waals surface area contributed by atoms with Gasteiger partial charge in [-0.15, -0.1) is 0 Å². The molecule has 0 aliphatic heterocycles. The smallest absolute Gasteiger partial charge is 0.338 e. The molecule has 0 aromatic heterocycles. The van der Waals surface area contributed by atoms with E-state index in [0.29, 0.717) is 5.56 Å². The molecule has 0 bridgehead atoms. The zero-order chi connectivity index (χ0) is 16.0. The predicted octanol–water partition coefficient (Wildman–Crippen LogP) is 0.702. The second-order valence-corrected chi connectivity index (χ2v) is 4.87. The summed E-state index contributed by atoms with van der Waals surface area (Å²) in [6.45, 7) is 3.44. The van der Waals surface area contributed by atoms with Gasteiger partial charge in [0.05, 0.1) is 18.8 Å². The first-order valence-electron chi connectivity index (χ1n) is 6.66. The number of esters is 1. The number of nitrogens with one attached hydrogen (secondary N) is 1. The number of methoxy groups -OCH3 is 1. The quantitative estimate of drug-likeness (QED) is 0.671. The summed E-state index contributed by atoms with van der Waals surface area (Å²) < 4.78 is 4.67. The highest BCUT2D eigenvalue weighted by molar-refractivity contribution is 5.91. The molecule has 2 atom stereocenters. The first kappa shape index (κ1) is 17.1. The first-order valence-corrected chi connectivity index (χ1v) is 6.66. The van der Waals surface area contributed by atoms with E-state index in [9.17, 15) is 19.8 Å². The Kier molecular flexibility index (Phi) is 6.33. The average Bonchev–Trinajstić information content (AvgIpc) is 2.45. The highest BCUT2D eigenvalue weighted by Crippen LogP contribution is 2.24. The molecule has 1 aromatic rings. The van der Waals surface area contributed by atoms with Crippen LogP contribution in [0.1, 0.15) is 40.9 Å². The van der Waals surface area contributed by atoms with Gasteiger partial charge in [-0.3, -0.25) is 4.79 Å². The minimum Gasteiger partial charge on any atom is -0.465 e. The van der Waals surface area contributed by atoms with Gasteiger partial charge < -0.3 is 20.3 Å². The largest absolute Gasteiger partial charge is 0.465 e. The van der Waals surface area contributed by atoms with Crippen LogP contribution in [0.25, 0.3) is 0 Å². The molecule has 116 valence electrons. The van der Waals surface area contributed by atoms with Gasteiger partial charge in [0, 0.05) is 13.5 Å². The number of carbonyl (C=O) groups excluding carboxylic acids is 2. The Hall–Kier alpha value is -1.92. The van der Waals surface area contributed by atoms with E-state index < -0.39 is 18.2 Å². The van der Waals surface area contributed by atoms with Gasteiger partial charge >= 0.3 is 5.97 Å². The van der Waals surface area contributed by atoms with Gasteiger partial charge in [0.1, 0.15) is 6.10 Å². The lowest BCUT2D eigenvalue weighted by Crippen LogP contribution is -2.28. The van der Waals surface area contributed by atoms with Crippen LogP contribution in [0, 0.1) is 6.92 Å². The molecule has 6 nitrogen and oxygen atoms in total. The first-order chi connectivity index (χ1) is 9.86. The van der Waals surface area contributed by atoms with Crippen LogP contribution in [0.4, 0.5) is 0 Å². The molecule has 0 saturated heterocycles. The van der Waals surface area contributed by atoms with Gasteiger partial charge in [-0.1, -0.05) is 17.7 Å². The Labute approximate surface area is 123 Å². The standard InChI is InChI=1S/C15H21NO5/c1-9-4-5-11(15(20)21-3)12(8-9)14(19)13(18)6-7-16-10(2)17/h4-5,8,13-14,18-19H,6-7H2,1-3H3,(H,16,17). The van der Waals surface area contributed by atoms with Crippen molar-refractivity contribution in [1.29, 1.82) is 0 Å². The average molecular weight is 295 g/mol. The third kappa shape index (κ3) is 4.84. The molecule has 2 unspecified atom stereocenters. The lowest BCUT2D eigenvalue weighted by molar-refractivity contribution is -0.119. The number of hydrogen-bond donors (Lipinski definition) is 3. The van der Waals surface area contributed by atoms with Crippen molar-refractivity contribution in [1.82, 2.24) is 5.32 Å². The third-order valence-corrected chi connectivity index (χ3v) is 3.11. The summed E-state index contributed by atoms with van der Waals surface area (Å²) in [7, 11) is 1.26. The summed E-state index contributed by atoms with van der Waals surface area (Å²) in [6, 6.07) is 4.92. The van der Waals surface area contributed by atoms with E-state index >= 15 is 0 Å². The van der Waals surface area contributed by atoms with Gasteiger partial charge in [-0.05, 0) is 25.0 Å². The van der Waals surface area contributed by atoms with E-state index in [1.807, 2.05) is 6.92 Å². The van der Waals surface area contributed by atoms with E-state index in [1.54, 1.807) is 18.2 Å². The molecule has 0 saturated carbocycles. The number of benzene rings is 1. The maximum Gasteiger partial charge on any atom is 0.338 e. The molecule has 0 aliphatic carbocycles. The zero-order valence-electron chi connectivity index (χ0n) is 12.4. The van der Waals surface area contributed by atoms with Crippen molar-refractivity contribution in [3.05, 3.63) is 34.9 Å². The highest BCUT2D eigenvalue weighted by Gasteiger charge is 2.24. The van der Waals surface area contributed by atoms with Crippen LogP contribution in [-0.4, -0.2) is 41.8 Å². The van der Waals surface area contributed by atoms with Gasteiger partial charge in [0.25, 0.3) is 0 Å². The summed E-state index contributed by atoms with van der Waals surface area (Å²) in [4.78, 5) is 22.5.